The van der Waals surface area contributed by atoms with Gasteiger partial charge in [-0.05, 0) is 55.1 Å². The summed E-state index contributed by atoms with van der Waals surface area (Å²) in [4.78, 5) is 10.9. The van der Waals surface area contributed by atoms with Crippen LogP contribution in [0.3, 0.4) is 0 Å². The van der Waals surface area contributed by atoms with Crippen LogP contribution in [0, 0.1) is 0 Å². The van der Waals surface area contributed by atoms with Gasteiger partial charge in [0, 0.05) is 0 Å². The highest BCUT2D eigenvalue weighted by Gasteiger charge is 2.38. The second-order valence-electron chi connectivity index (χ2n) is 7.41. The van der Waals surface area contributed by atoms with E-state index in [1.54, 1.807) is 0 Å². The van der Waals surface area contributed by atoms with Crippen LogP contribution in [-0.2, 0) is 11.2 Å². The van der Waals surface area contributed by atoms with Crippen LogP contribution in [0.5, 0.6) is 5.75 Å². The van der Waals surface area contributed by atoms with Gasteiger partial charge in [0.05, 0.1) is 6.04 Å². The van der Waals surface area contributed by atoms with Crippen LogP contribution in [0.15, 0.2) is 24.3 Å². The fourth-order valence-electron chi connectivity index (χ4n) is 1.84. The molecule has 124 valence electrons. The van der Waals surface area contributed by atoms with E-state index in [2.05, 4.69) is 46.0 Å². The van der Waals surface area contributed by atoms with Crippen molar-refractivity contribution in [1.82, 2.24) is 0 Å². The quantitative estimate of drug-likeness (QED) is 0.757. The molecular formula is C17H30N2O2Si. The van der Waals surface area contributed by atoms with Crippen molar-refractivity contribution in [3.63, 3.8) is 0 Å². The number of hydrogen-bond acceptors (Lipinski definition) is 3. The van der Waals surface area contributed by atoms with Crippen molar-refractivity contribution < 1.29 is 9.22 Å². The number of hydrogen-bond donors (Lipinski definition) is 2. The highest BCUT2D eigenvalue weighted by atomic mass is 28.4. The van der Waals surface area contributed by atoms with Gasteiger partial charge in [0.25, 0.3) is 0 Å². The topological polar surface area (TPSA) is 78.3 Å². The second-order valence-corrected chi connectivity index (χ2v) is 12.1. The third kappa shape index (κ3) is 5.46. The minimum absolute atomic E-state index is 0.191. The summed E-state index contributed by atoms with van der Waals surface area (Å²) < 4.78 is 6.25. The molecule has 0 fully saturated rings. The summed E-state index contributed by atoms with van der Waals surface area (Å²) in [5, 5.41) is 0.191. The first-order valence-corrected chi connectivity index (χ1v) is 10.8. The van der Waals surface area contributed by atoms with Crippen molar-refractivity contribution >= 4 is 14.2 Å². The minimum atomic E-state index is -1.78. The maximum atomic E-state index is 10.9. The number of carbonyl (C=O) groups excluding carboxylic acids is 1. The van der Waals surface area contributed by atoms with Crippen LogP contribution in [0.1, 0.15) is 39.2 Å². The normalized spacial score (nSPS) is 13.7. The summed E-state index contributed by atoms with van der Waals surface area (Å²) >= 11 is 0. The van der Waals surface area contributed by atoms with E-state index in [1.165, 1.54) is 5.56 Å². The zero-order valence-electron chi connectivity index (χ0n) is 14.5. The number of benzene rings is 1. The molecular weight excluding hydrogens is 292 g/mol. The Morgan fingerprint density at radius 3 is 2.23 bits per heavy atom. The molecule has 1 rings (SSSR count). The van der Waals surface area contributed by atoms with E-state index < -0.39 is 20.3 Å². The molecule has 0 saturated carbocycles. The Hall–Kier alpha value is -1.33. The maximum Gasteiger partial charge on any atom is 0.250 e. The van der Waals surface area contributed by atoms with Gasteiger partial charge < -0.3 is 15.9 Å². The molecule has 4 nitrogen and oxygen atoms in total. The predicted octanol–water partition coefficient (Wildman–Crippen LogP) is 3.21. The molecule has 0 radical (unpaired) electrons. The van der Waals surface area contributed by atoms with Gasteiger partial charge in [-0.3, -0.25) is 4.79 Å². The first kappa shape index (κ1) is 18.7. The van der Waals surface area contributed by atoms with Gasteiger partial charge in [-0.1, -0.05) is 32.9 Å². The Bertz CT molecular complexity index is 492. The molecule has 0 heterocycles. The molecule has 1 aromatic rings. The lowest BCUT2D eigenvalue weighted by Crippen LogP contribution is -2.43. The first-order valence-electron chi connectivity index (χ1n) is 7.86. The Morgan fingerprint density at radius 2 is 1.77 bits per heavy atom. The van der Waals surface area contributed by atoms with Crippen molar-refractivity contribution in [2.45, 2.75) is 64.2 Å². The van der Waals surface area contributed by atoms with Crippen molar-refractivity contribution in [1.29, 1.82) is 0 Å². The Morgan fingerprint density at radius 1 is 1.23 bits per heavy atom. The lowest BCUT2D eigenvalue weighted by Gasteiger charge is -2.36. The zero-order valence-corrected chi connectivity index (χ0v) is 15.5. The molecule has 0 aliphatic heterocycles. The first-order chi connectivity index (χ1) is 10.0. The lowest BCUT2D eigenvalue weighted by atomic mass is 10.0. The van der Waals surface area contributed by atoms with Gasteiger partial charge in [0.2, 0.25) is 14.2 Å². The average Bonchev–Trinajstić information content (AvgIpc) is 2.38. The van der Waals surface area contributed by atoms with E-state index in [-0.39, 0.29) is 5.04 Å². The summed E-state index contributed by atoms with van der Waals surface area (Å²) in [5.74, 6) is 0.502. The molecule has 1 atom stereocenters. The van der Waals surface area contributed by atoms with Crippen molar-refractivity contribution in [2.24, 2.45) is 11.5 Å². The monoisotopic (exact) mass is 322 g/mol. The third-order valence-corrected chi connectivity index (χ3v) is 8.81. The van der Waals surface area contributed by atoms with Gasteiger partial charge in [0.15, 0.2) is 0 Å². The number of carbonyl (C=O) groups is 1. The summed E-state index contributed by atoms with van der Waals surface area (Å²) in [5.41, 5.74) is 12.0. The maximum absolute atomic E-state index is 10.9. The van der Waals surface area contributed by atoms with E-state index in [9.17, 15) is 4.79 Å². The molecule has 0 bridgehead atoms. The standard InChI is InChI=1S/C17H30N2O2Si/c1-17(2,3)22(4,5)21-14-11-9-13(10-12-14)7-6-8-15(18)16(19)20/h9-12,15H,6-8,18H2,1-5H3,(H2,19,20). The zero-order chi connectivity index (χ0) is 17.0. The summed E-state index contributed by atoms with van der Waals surface area (Å²) in [6.45, 7) is 11.2. The predicted molar refractivity (Wildman–Crippen MR) is 94.4 cm³/mol. The van der Waals surface area contributed by atoms with Crippen LogP contribution < -0.4 is 15.9 Å². The fraction of sp³-hybridized carbons (Fsp3) is 0.588. The average molecular weight is 323 g/mol. The number of nitrogens with two attached hydrogens (primary N) is 2. The molecule has 1 aromatic carbocycles. The fourth-order valence-corrected chi connectivity index (χ4v) is 2.87. The third-order valence-electron chi connectivity index (χ3n) is 4.45. The van der Waals surface area contributed by atoms with Crippen molar-refractivity contribution in [3.05, 3.63) is 29.8 Å². The molecule has 5 heteroatoms. The largest absolute Gasteiger partial charge is 0.544 e. The molecule has 0 aliphatic carbocycles. The van der Waals surface area contributed by atoms with E-state index >= 15 is 0 Å². The molecule has 0 aliphatic rings. The molecule has 1 unspecified atom stereocenters. The van der Waals surface area contributed by atoms with Gasteiger partial charge >= 0.3 is 0 Å². The summed E-state index contributed by atoms with van der Waals surface area (Å²) in [6.07, 6.45) is 2.37. The van der Waals surface area contributed by atoms with E-state index in [0.29, 0.717) is 6.42 Å². The van der Waals surface area contributed by atoms with Crippen LogP contribution in [0.2, 0.25) is 18.1 Å². The van der Waals surface area contributed by atoms with Gasteiger partial charge in [-0.25, -0.2) is 0 Å². The number of rotatable bonds is 7. The lowest BCUT2D eigenvalue weighted by molar-refractivity contribution is -0.119. The van der Waals surface area contributed by atoms with E-state index in [1.807, 2.05) is 12.1 Å². The highest BCUT2D eigenvalue weighted by Crippen LogP contribution is 2.37. The Balaban J connectivity index is 2.55. The SMILES string of the molecule is CC(C)(C)[Si](C)(C)Oc1ccc(CCCC(N)C(N)=O)cc1. The van der Waals surface area contributed by atoms with Crippen LogP contribution >= 0.6 is 0 Å². The van der Waals surface area contributed by atoms with E-state index in [4.69, 9.17) is 15.9 Å². The van der Waals surface area contributed by atoms with Gasteiger partial charge in [0.1, 0.15) is 5.75 Å². The molecule has 0 spiro atoms. The molecule has 22 heavy (non-hydrogen) atoms. The smallest absolute Gasteiger partial charge is 0.250 e. The molecule has 1 amide bonds. The highest BCUT2D eigenvalue weighted by molar-refractivity contribution is 6.74. The second kappa shape index (κ2) is 7.29. The Kier molecular flexibility index (Phi) is 6.20. The van der Waals surface area contributed by atoms with Crippen molar-refractivity contribution in [3.8, 4) is 5.75 Å². The van der Waals surface area contributed by atoms with Gasteiger partial charge in [-0.15, -0.1) is 0 Å². The summed E-state index contributed by atoms with van der Waals surface area (Å²) in [6, 6.07) is 7.69. The number of aryl methyl sites for hydroxylation is 1. The summed E-state index contributed by atoms with van der Waals surface area (Å²) in [7, 11) is -1.78. The van der Waals surface area contributed by atoms with Crippen LogP contribution in [0.4, 0.5) is 0 Å². The van der Waals surface area contributed by atoms with Gasteiger partial charge in [-0.2, -0.15) is 0 Å². The van der Waals surface area contributed by atoms with Crippen molar-refractivity contribution in [2.75, 3.05) is 0 Å². The van der Waals surface area contributed by atoms with Crippen LogP contribution in [0.25, 0.3) is 0 Å². The van der Waals surface area contributed by atoms with E-state index in [0.717, 1.165) is 18.6 Å². The number of primary amides is 1. The number of amides is 1. The van der Waals surface area contributed by atoms with Crippen LogP contribution in [-0.4, -0.2) is 20.3 Å². The molecule has 0 saturated heterocycles. The minimum Gasteiger partial charge on any atom is -0.544 e. The molecule has 4 N–H and O–H groups in total. The molecule has 0 aromatic heterocycles. The Labute approximate surface area is 135 Å².